The average molecular weight is 292 g/mol. The maximum atomic E-state index is 9.35. The number of anilines is 1. The van der Waals surface area contributed by atoms with Gasteiger partial charge in [0.25, 0.3) is 0 Å². The van der Waals surface area contributed by atoms with Crippen LogP contribution in [0, 0.1) is 11.3 Å². The highest BCUT2D eigenvalue weighted by Gasteiger charge is 2.15. The third-order valence-electron chi connectivity index (χ3n) is 3.23. The molecule has 0 bridgehead atoms. The van der Waals surface area contributed by atoms with Crippen LogP contribution in [0.5, 0.6) is 0 Å². The minimum Gasteiger partial charge on any atom is -0.383 e. The van der Waals surface area contributed by atoms with Gasteiger partial charge in [-0.05, 0) is 36.5 Å². The number of benzene rings is 1. The van der Waals surface area contributed by atoms with Crippen LogP contribution in [-0.2, 0) is 0 Å². The first-order valence-electron chi connectivity index (χ1n) is 6.86. The molecule has 0 radical (unpaired) electrons. The van der Waals surface area contributed by atoms with E-state index >= 15 is 0 Å². The predicted molar refractivity (Wildman–Crippen MR) is 86.1 cm³/mol. The Hall–Kier alpha value is -0.790. The fraction of sp³-hybridized carbons (Fsp3) is 0.533. The van der Waals surface area contributed by atoms with Crippen molar-refractivity contribution in [2.75, 3.05) is 23.4 Å². The first-order chi connectivity index (χ1) is 9.35. The van der Waals surface area contributed by atoms with Crippen LogP contribution in [0.25, 0.3) is 0 Å². The Kier molecular flexibility index (Phi) is 5.93. The van der Waals surface area contributed by atoms with Gasteiger partial charge in [-0.1, -0.05) is 19.4 Å². The first kappa shape index (κ1) is 14.6. The number of nitrogens with one attached hydrogen (secondary N) is 1. The molecular formula is C15H20N2S2. The molecule has 1 aromatic carbocycles. The fourth-order valence-corrected chi connectivity index (χ4v) is 4.29. The van der Waals surface area contributed by atoms with Gasteiger partial charge in [0.2, 0.25) is 0 Å². The molecule has 1 heterocycles. The Balaban J connectivity index is 2.02. The zero-order valence-corrected chi connectivity index (χ0v) is 12.9. The molecule has 0 spiro atoms. The monoisotopic (exact) mass is 292 g/mol. The second-order valence-corrected chi connectivity index (χ2v) is 7.31. The zero-order valence-electron chi connectivity index (χ0n) is 11.3. The summed E-state index contributed by atoms with van der Waals surface area (Å²) in [4.78, 5) is 1.09. The lowest BCUT2D eigenvalue weighted by atomic mass is 10.1. The van der Waals surface area contributed by atoms with E-state index in [2.05, 4.69) is 30.1 Å². The molecule has 0 saturated carbocycles. The second-order valence-electron chi connectivity index (χ2n) is 4.59. The van der Waals surface area contributed by atoms with E-state index in [1.54, 1.807) is 11.8 Å². The first-order valence-corrected chi connectivity index (χ1v) is 8.90. The van der Waals surface area contributed by atoms with Crippen molar-refractivity contribution in [3.05, 3.63) is 23.8 Å². The van der Waals surface area contributed by atoms with Crippen LogP contribution in [0.4, 0.5) is 5.69 Å². The summed E-state index contributed by atoms with van der Waals surface area (Å²) >= 11 is 3.79. The van der Waals surface area contributed by atoms with E-state index < -0.39 is 0 Å². The van der Waals surface area contributed by atoms with Crippen LogP contribution in [-0.4, -0.2) is 23.3 Å². The van der Waals surface area contributed by atoms with Crippen molar-refractivity contribution in [3.8, 4) is 6.07 Å². The molecule has 1 saturated heterocycles. The molecule has 1 atom stereocenters. The Labute approximate surface area is 124 Å². The highest BCUT2D eigenvalue weighted by molar-refractivity contribution is 8.00. The predicted octanol–water partition coefficient (Wildman–Crippen LogP) is 4.37. The Morgan fingerprint density at radius 3 is 3.05 bits per heavy atom. The van der Waals surface area contributed by atoms with E-state index in [0.717, 1.165) is 28.4 Å². The highest BCUT2D eigenvalue weighted by Crippen LogP contribution is 2.29. The van der Waals surface area contributed by atoms with E-state index in [4.69, 9.17) is 0 Å². The molecule has 1 unspecified atom stereocenters. The van der Waals surface area contributed by atoms with E-state index in [9.17, 15) is 5.26 Å². The SMILES string of the molecule is CCSc1cccc(NCC2CCCCS2)c1C#N. The van der Waals surface area contributed by atoms with E-state index in [1.807, 2.05) is 18.2 Å². The number of nitriles is 1. The topological polar surface area (TPSA) is 35.8 Å². The zero-order chi connectivity index (χ0) is 13.5. The van der Waals surface area contributed by atoms with Crippen molar-refractivity contribution >= 4 is 29.2 Å². The molecule has 4 heteroatoms. The minimum atomic E-state index is 0.697. The molecule has 1 aliphatic rings. The molecule has 2 rings (SSSR count). The van der Waals surface area contributed by atoms with Gasteiger partial charge in [-0.2, -0.15) is 17.0 Å². The van der Waals surface area contributed by atoms with Gasteiger partial charge < -0.3 is 5.32 Å². The Bertz CT molecular complexity index is 448. The Morgan fingerprint density at radius 1 is 1.47 bits per heavy atom. The van der Waals surface area contributed by atoms with Crippen molar-refractivity contribution < 1.29 is 0 Å². The molecule has 19 heavy (non-hydrogen) atoms. The van der Waals surface area contributed by atoms with Crippen LogP contribution in [0.15, 0.2) is 23.1 Å². The summed E-state index contributed by atoms with van der Waals surface area (Å²) in [7, 11) is 0. The van der Waals surface area contributed by atoms with Gasteiger partial charge >= 0.3 is 0 Å². The lowest BCUT2D eigenvalue weighted by molar-refractivity contribution is 0.677. The summed E-state index contributed by atoms with van der Waals surface area (Å²) in [5.74, 6) is 2.28. The van der Waals surface area contributed by atoms with E-state index in [1.165, 1.54) is 25.0 Å². The summed E-state index contributed by atoms with van der Waals surface area (Å²) in [5.41, 5.74) is 1.79. The van der Waals surface area contributed by atoms with Crippen molar-refractivity contribution in [2.45, 2.75) is 36.3 Å². The van der Waals surface area contributed by atoms with Crippen LogP contribution in [0.1, 0.15) is 31.7 Å². The summed E-state index contributed by atoms with van der Waals surface area (Å²) in [6.07, 6.45) is 3.99. The summed E-state index contributed by atoms with van der Waals surface area (Å²) in [6.45, 7) is 3.09. The number of nitrogens with zero attached hydrogens (tertiary/aromatic N) is 1. The molecule has 0 aliphatic carbocycles. The van der Waals surface area contributed by atoms with Crippen molar-refractivity contribution in [3.63, 3.8) is 0 Å². The molecule has 1 N–H and O–H groups in total. The molecule has 0 aromatic heterocycles. The third kappa shape index (κ3) is 4.09. The van der Waals surface area contributed by atoms with E-state index in [0.29, 0.717) is 5.25 Å². The Morgan fingerprint density at radius 2 is 2.37 bits per heavy atom. The average Bonchev–Trinajstić information content (AvgIpc) is 2.46. The molecule has 1 aromatic rings. The maximum Gasteiger partial charge on any atom is 0.102 e. The van der Waals surface area contributed by atoms with Crippen LogP contribution in [0.3, 0.4) is 0 Å². The fourth-order valence-electron chi connectivity index (χ4n) is 2.26. The van der Waals surface area contributed by atoms with E-state index in [-0.39, 0.29) is 0 Å². The van der Waals surface area contributed by atoms with Gasteiger partial charge in [0.15, 0.2) is 0 Å². The van der Waals surface area contributed by atoms with Gasteiger partial charge in [-0.3, -0.25) is 0 Å². The van der Waals surface area contributed by atoms with Crippen LogP contribution in [0.2, 0.25) is 0 Å². The number of rotatable bonds is 5. The maximum absolute atomic E-state index is 9.35. The van der Waals surface area contributed by atoms with Crippen molar-refractivity contribution in [1.82, 2.24) is 0 Å². The summed E-state index contributed by atoms with van der Waals surface area (Å²) in [6, 6.07) is 8.44. The third-order valence-corrected chi connectivity index (χ3v) is 5.57. The minimum absolute atomic E-state index is 0.697. The van der Waals surface area contributed by atoms with Crippen molar-refractivity contribution in [1.29, 1.82) is 5.26 Å². The van der Waals surface area contributed by atoms with Gasteiger partial charge in [-0.25, -0.2) is 0 Å². The van der Waals surface area contributed by atoms with Gasteiger partial charge in [-0.15, -0.1) is 11.8 Å². The number of thioether (sulfide) groups is 2. The van der Waals surface area contributed by atoms with Crippen LogP contribution >= 0.6 is 23.5 Å². The number of hydrogen-bond acceptors (Lipinski definition) is 4. The second kappa shape index (κ2) is 7.72. The van der Waals surface area contributed by atoms with Gasteiger partial charge in [0, 0.05) is 16.7 Å². The van der Waals surface area contributed by atoms with Gasteiger partial charge in [0.05, 0.1) is 11.3 Å². The summed E-state index contributed by atoms with van der Waals surface area (Å²) < 4.78 is 0. The lowest BCUT2D eigenvalue weighted by Crippen LogP contribution is -2.20. The highest BCUT2D eigenvalue weighted by atomic mass is 32.2. The molecular weight excluding hydrogens is 272 g/mol. The largest absolute Gasteiger partial charge is 0.383 e. The molecule has 102 valence electrons. The van der Waals surface area contributed by atoms with Gasteiger partial charge in [0.1, 0.15) is 6.07 Å². The normalized spacial score (nSPS) is 18.8. The quantitative estimate of drug-likeness (QED) is 0.818. The van der Waals surface area contributed by atoms with Crippen LogP contribution < -0.4 is 5.32 Å². The lowest BCUT2D eigenvalue weighted by Gasteiger charge is -2.22. The molecule has 1 fully saturated rings. The molecule has 0 amide bonds. The smallest absolute Gasteiger partial charge is 0.102 e. The summed E-state index contributed by atoms with van der Waals surface area (Å²) in [5, 5.41) is 13.5. The number of hydrogen-bond donors (Lipinski definition) is 1. The van der Waals surface area contributed by atoms with Crippen molar-refractivity contribution in [2.24, 2.45) is 0 Å². The molecule has 1 aliphatic heterocycles. The standard InChI is InChI=1S/C15H20N2S2/c1-2-18-15-8-5-7-14(13(15)10-16)17-11-12-6-3-4-9-19-12/h5,7-8,12,17H,2-4,6,9,11H2,1H3. The molecule has 2 nitrogen and oxygen atoms in total.